The van der Waals surface area contributed by atoms with Crippen LogP contribution < -0.4 is 4.74 Å². The Hall–Kier alpha value is -3.33. The van der Waals surface area contributed by atoms with Crippen molar-refractivity contribution in [3.63, 3.8) is 0 Å². The molecule has 32 heavy (non-hydrogen) atoms. The molecule has 1 aliphatic carbocycles. The summed E-state index contributed by atoms with van der Waals surface area (Å²) < 4.78 is 48.8. The van der Waals surface area contributed by atoms with Crippen LogP contribution in [0.5, 0.6) is 5.75 Å². The number of nitrogens with zero attached hydrogens (tertiary/aromatic N) is 1. The molecule has 3 nitrogen and oxygen atoms in total. The first kappa shape index (κ1) is 21.9. The van der Waals surface area contributed by atoms with Crippen LogP contribution in [0, 0.1) is 23.1 Å². The van der Waals surface area contributed by atoms with Gasteiger partial charge in [-0.1, -0.05) is 31.5 Å². The summed E-state index contributed by atoms with van der Waals surface area (Å²) in [6.45, 7) is 1.94. The molecule has 1 saturated carbocycles. The Balaban J connectivity index is 1.49. The first-order chi connectivity index (χ1) is 15.4. The maximum atomic E-state index is 14.6. The van der Waals surface area contributed by atoms with Crippen molar-refractivity contribution in [2.45, 2.75) is 44.4 Å². The van der Waals surface area contributed by atoms with Gasteiger partial charge < -0.3 is 4.74 Å². The fourth-order valence-electron chi connectivity index (χ4n) is 4.43. The minimum absolute atomic E-state index is 0.0587. The van der Waals surface area contributed by atoms with Crippen molar-refractivity contribution in [1.82, 2.24) is 0 Å². The highest BCUT2D eigenvalue weighted by Gasteiger charge is 2.38. The summed E-state index contributed by atoms with van der Waals surface area (Å²) in [5, 5.41) is 9.68. The van der Waals surface area contributed by atoms with Crippen LogP contribution in [0.25, 0.3) is 10.8 Å². The number of fused-ring (bicyclic) bond motifs is 1. The molecule has 0 radical (unpaired) electrons. The molecule has 6 heteroatoms. The Bertz CT molecular complexity index is 1170. The first-order valence-electron chi connectivity index (χ1n) is 10.6. The number of ether oxygens (including phenoxy) is 1. The van der Waals surface area contributed by atoms with Gasteiger partial charge in [-0.25, -0.2) is 18.0 Å². The lowest BCUT2D eigenvalue weighted by molar-refractivity contribution is 0.0735. The molecular formula is C26H22F3NO2. The summed E-state index contributed by atoms with van der Waals surface area (Å²) >= 11 is 0. The Morgan fingerprint density at radius 2 is 1.75 bits per heavy atom. The highest BCUT2D eigenvalue weighted by molar-refractivity contribution is 5.92. The van der Waals surface area contributed by atoms with Crippen LogP contribution in [0.1, 0.15) is 53.6 Å². The van der Waals surface area contributed by atoms with Crippen molar-refractivity contribution in [3.05, 3.63) is 77.1 Å². The fraction of sp³-hybridized carbons (Fsp3) is 0.308. The number of carbonyl (C=O) groups excluding carboxylic acids is 1. The van der Waals surface area contributed by atoms with Gasteiger partial charge in [0.15, 0.2) is 0 Å². The summed E-state index contributed by atoms with van der Waals surface area (Å²) in [7, 11) is 0. The number of carbonyl (C=O) groups is 1. The number of hydrogen-bond acceptors (Lipinski definition) is 3. The number of esters is 1. The topological polar surface area (TPSA) is 50.1 Å². The zero-order valence-corrected chi connectivity index (χ0v) is 17.5. The van der Waals surface area contributed by atoms with Gasteiger partial charge in [-0.15, -0.1) is 0 Å². The predicted molar refractivity (Wildman–Crippen MR) is 116 cm³/mol. The molecule has 2 atom stereocenters. The predicted octanol–water partition coefficient (Wildman–Crippen LogP) is 6.65. The molecule has 0 amide bonds. The lowest BCUT2D eigenvalue weighted by atomic mass is 9.75. The maximum absolute atomic E-state index is 14.6. The monoisotopic (exact) mass is 437 g/mol. The number of alkyl halides is 2. The molecule has 3 aromatic rings. The molecular weight excluding hydrogens is 415 g/mol. The van der Waals surface area contributed by atoms with Crippen molar-refractivity contribution < 1.29 is 22.7 Å². The van der Waals surface area contributed by atoms with Crippen LogP contribution >= 0.6 is 0 Å². The van der Waals surface area contributed by atoms with Gasteiger partial charge in [0.2, 0.25) is 0 Å². The van der Waals surface area contributed by atoms with Crippen molar-refractivity contribution in [2.24, 2.45) is 5.92 Å². The standard InChI is InChI=1S/C26H22F3NO2/c1-2-15-11-22(27)24(23(28)12-15)16-3-5-17(6-4-16)26(31)32-20-9-10-21-18(13-20)7-8-19(14-30)25(21)29/h3-10,13,15,22-24H,2,11-12H2,1H3. The smallest absolute Gasteiger partial charge is 0.343 e. The third-order valence-corrected chi connectivity index (χ3v) is 6.26. The minimum atomic E-state index is -1.25. The largest absolute Gasteiger partial charge is 0.423 e. The average molecular weight is 437 g/mol. The fourth-order valence-corrected chi connectivity index (χ4v) is 4.43. The van der Waals surface area contributed by atoms with Gasteiger partial charge in [-0.2, -0.15) is 5.26 Å². The van der Waals surface area contributed by atoms with Crippen molar-refractivity contribution in [1.29, 1.82) is 5.26 Å². The van der Waals surface area contributed by atoms with E-state index in [-0.39, 0.29) is 28.2 Å². The maximum Gasteiger partial charge on any atom is 0.343 e. The molecule has 0 aromatic heterocycles. The second kappa shape index (κ2) is 9.04. The first-order valence-corrected chi connectivity index (χ1v) is 10.6. The van der Waals surface area contributed by atoms with E-state index in [1.165, 1.54) is 36.4 Å². The van der Waals surface area contributed by atoms with Crippen LogP contribution in [0.4, 0.5) is 13.2 Å². The molecule has 164 valence electrons. The normalized spacial score (nSPS) is 23.0. The number of benzene rings is 3. The molecule has 0 bridgehead atoms. The van der Waals surface area contributed by atoms with Crippen LogP contribution in [0.3, 0.4) is 0 Å². The van der Waals surface area contributed by atoms with E-state index >= 15 is 0 Å². The highest BCUT2D eigenvalue weighted by atomic mass is 19.1. The molecule has 0 spiro atoms. The molecule has 1 fully saturated rings. The lowest BCUT2D eigenvalue weighted by Crippen LogP contribution is -2.33. The summed E-state index contributed by atoms with van der Waals surface area (Å²) in [6, 6.07) is 15.3. The van der Waals surface area contributed by atoms with E-state index in [0.29, 0.717) is 23.8 Å². The molecule has 0 aliphatic heterocycles. The van der Waals surface area contributed by atoms with Crippen molar-refractivity contribution in [2.75, 3.05) is 0 Å². The van der Waals surface area contributed by atoms with E-state index < -0.39 is 30.0 Å². The zero-order chi connectivity index (χ0) is 22.8. The van der Waals surface area contributed by atoms with E-state index in [1.54, 1.807) is 24.3 Å². The van der Waals surface area contributed by atoms with E-state index in [1.807, 2.05) is 6.92 Å². The number of halogens is 3. The van der Waals surface area contributed by atoms with Gasteiger partial charge in [0, 0.05) is 11.3 Å². The van der Waals surface area contributed by atoms with E-state index in [4.69, 9.17) is 10.00 Å². The zero-order valence-electron chi connectivity index (χ0n) is 17.5. The molecule has 0 N–H and O–H groups in total. The third-order valence-electron chi connectivity index (χ3n) is 6.26. The number of rotatable bonds is 4. The van der Waals surface area contributed by atoms with Crippen molar-refractivity contribution in [3.8, 4) is 11.8 Å². The van der Waals surface area contributed by atoms with E-state index in [2.05, 4.69) is 0 Å². The lowest BCUT2D eigenvalue weighted by Gasteiger charge is -2.34. The molecule has 3 aromatic carbocycles. The summed E-state index contributed by atoms with van der Waals surface area (Å²) in [5.41, 5.74) is 0.718. The molecule has 2 unspecified atom stereocenters. The third kappa shape index (κ3) is 4.20. The van der Waals surface area contributed by atoms with Gasteiger partial charge in [0.05, 0.1) is 11.1 Å². The van der Waals surface area contributed by atoms with Gasteiger partial charge in [0.1, 0.15) is 30.0 Å². The Morgan fingerprint density at radius 1 is 1.06 bits per heavy atom. The summed E-state index contributed by atoms with van der Waals surface area (Å²) in [4.78, 5) is 12.5. The number of nitriles is 1. The SMILES string of the molecule is CCC1CC(F)C(c2ccc(C(=O)Oc3ccc4c(F)c(C#N)ccc4c3)cc2)C(F)C1. The molecule has 0 heterocycles. The highest BCUT2D eigenvalue weighted by Crippen LogP contribution is 2.41. The van der Waals surface area contributed by atoms with Crippen LogP contribution in [-0.2, 0) is 0 Å². The van der Waals surface area contributed by atoms with Crippen molar-refractivity contribution >= 4 is 16.7 Å². The van der Waals surface area contributed by atoms with Gasteiger partial charge in [0.25, 0.3) is 0 Å². The Labute approximate surface area is 184 Å². The van der Waals surface area contributed by atoms with Gasteiger partial charge in [-0.3, -0.25) is 0 Å². The van der Waals surface area contributed by atoms with Crippen LogP contribution in [0.15, 0.2) is 54.6 Å². The number of hydrogen-bond donors (Lipinski definition) is 0. The minimum Gasteiger partial charge on any atom is -0.423 e. The van der Waals surface area contributed by atoms with E-state index in [0.717, 1.165) is 6.42 Å². The van der Waals surface area contributed by atoms with Gasteiger partial charge >= 0.3 is 5.97 Å². The summed E-state index contributed by atoms with van der Waals surface area (Å²) in [6.07, 6.45) is -1.03. The Morgan fingerprint density at radius 3 is 2.38 bits per heavy atom. The van der Waals surface area contributed by atoms with Gasteiger partial charge in [-0.05, 0) is 66.1 Å². The second-order valence-electron chi connectivity index (χ2n) is 8.24. The van der Waals surface area contributed by atoms with E-state index in [9.17, 15) is 18.0 Å². The van der Waals surface area contributed by atoms with Crippen LogP contribution in [-0.4, -0.2) is 18.3 Å². The van der Waals surface area contributed by atoms with Crippen LogP contribution in [0.2, 0.25) is 0 Å². The molecule has 4 rings (SSSR count). The second-order valence-corrected chi connectivity index (χ2v) is 8.24. The average Bonchev–Trinajstić information content (AvgIpc) is 2.79. The summed E-state index contributed by atoms with van der Waals surface area (Å²) in [5.74, 6) is -1.79. The quantitative estimate of drug-likeness (QED) is 0.339. The Kier molecular flexibility index (Phi) is 6.18. The molecule has 0 saturated heterocycles. The molecule has 1 aliphatic rings.